The number of ether oxygens (including phenoxy) is 1. The second kappa shape index (κ2) is 8.87. The van der Waals surface area contributed by atoms with E-state index in [4.69, 9.17) is 9.72 Å². The van der Waals surface area contributed by atoms with Gasteiger partial charge in [-0.3, -0.25) is 0 Å². The normalized spacial score (nSPS) is 17.6. The van der Waals surface area contributed by atoms with Crippen molar-refractivity contribution in [3.05, 3.63) is 41.1 Å². The summed E-state index contributed by atoms with van der Waals surface area (Å²) in [5, 5.41) is 0. The highest BCUT2D eigenvalue weighted by Crippen LogP contribution is 2.50. The van der Waals surface area contributed by atoms with Crippen LogP contribution in [0, 0.1) is 6.92 Å². The van der Waals surface area contributed by atoms with E-state index in [1.165, 1.54) is 67.0 Å². The summed E-state index contributed by atoms with van der Waals surface area (Å²) in [4.78, 5) is 10.3. The minimum absolute atomic E-state index is 0.579. The first-order valence-electron chi connectivity index (χ1n) is 11.8. The zero-order valence-electron chi connectivity index (χ0n) is 19.4. The van der Waals surface area contributed by atoms with Crippen LogP contribution in [0.5, 0.6) is 5.75 Å². The molecule has 4 nitrogen and oxygen atoms in total. The fourth-order valence-electron chi connectivity index (χ4n) is 5.48. The Morgan fingerprint density at radius 1 is 1.10 bits per heavy atom. The highest BCUT2D eigenvalue weighted by atomic mass is 16.5. The number of nitrogens with zero attached hydrogens (tertiary/aromatic N) is 3. The third-order valence-corrected chi connectivity index (χ3v) is 6.88. The van der Waals surface area contributed by atoms with Crippen molar-refractivity contribution in [1.29, 1.82) is 0 Å². The molecular weight excluding hydrogens is 370 g/mol. The molecule has 4 rings (SSSR count). The quantitative estimate of drug-likeness (QED) is 0.508. The molecule has 1 atom stereocenters. The number of hydrogen-bond acceptors (Lipinski definition) is 4. The maximum absolute atomic E-state index is 5.48. The number of anilines is 3. The van der Waals surface area contributed by atoms with Crippen LogP contribution in [0.2, 0.25) is 0 Å². The van der Waals surface area contributed by atoms with Crippen LogP contribution in [0.1, 0.15) is 75.6 Å². The van der Waals surface area contributed by atoms with Crippen molar-refractivity contribution in [1.82, 2.24) is 4.98 Å². The molecule has 3 heterocycles. The van der Waals surface area contributed by atoms with E-state index >= 15 is 0 Å². The molecule has 0 N–H and O–H groups in total. The van der Waals surface area contributed by atoms with Crippen molar-refractivity contribution in [2.45, 2.75) is 78.2 Å². The van der Waals surface area contributed by atoms with E-state index in [-0.39, 0.29) is 0 Å². The maximum Gasteiger partial charge on any atom is 0.138 e. The van der Waals surface area contributed by atoms with Gasteiger partial charge in [-0.2, -0.15) is 0 Å². The van der Waals surface area contributed by atoms with Crippen LogP contribution in [0.3, 0.4) is 0 Å². The lowest BCUT2D eigenvalue weighted by atomic mass is 9.90. The standard InChI is InChI=1S/C26H37N3O/c1-6-9-21(10-7-2)28-14-13-20-17-29(26-25(20)24(28)15-18(4)27-26)23-12-11-22(30-5)16-19(23)8-3/h11-12,15-16,20-21H,6-10,13-14,17H2,1-5H3. The Labute approximate surface area is 182 Å². The number of aromatic nitrogens is 1. The Bertz CT molecular complexity index is 888. The van der Waals surface area contributed by atoms with Crippen LogP contribution < -0.4 is 14.5 Å². The molecule has 0 bridgehead atoms. The molecule has 0 amide bonds. The highest BCUT2D eigenvalue weighted by molar-refractivity contribution is 5.78. The monoisotopic (exact) mass is 407 g/mol. The zero-order valence-corrected chi connectivity index (χ0v) is 19.4. The topological polar surface area (TPSA) is 28.6 Å². The summed E-state index contributed by atoms with van der Waals surface area (Å²) in [5.41, 5.74) is 6.69. The predicted molar refractivity (Wildman–Crippen MR) is 127 cm³/mol. The van der Waals surface area contributed by atoms with Gasteiger partial charge in [0.2, 0.25) is 0 Å². The number of hydrogen-bond donors (Lipinski definition) is 0. The summed E-state index contributed by atoms with van der Waals surface area (Å²) in [5.74, 6) is 2.70. The summed E-state index contributed by atoms with van der Waals surface area (Å²) in [6, 6.07) is 9.49. The average Bonchev–Trinajstić information content (AvgIpc) is 3.12. The van der Waals surface area contributed by atoms with Gasteiger partial charge >= 0.3 is 0 Å². The molecular formula is C26H37N3O. The largest absolute Gasteiger partial charge is 0.497 e. The van der Waals surface area contributed by atoms with E-state index in [2.05, 4.69) is 61.8 Å². The van der Waals surface area contributed by atoms with E-state index in [1.54, 1.807) is 7.11 Å². The van der Waals surface area contributed by atoms with Gasteiger partial charge in [0.1, 0.15) is 11.6 Å². The first kappa shape index (κ1) is 21.0. The third kappa shape index (κ3) is 3.66. The van der Waals surface area contributed by atoms with Crippen molar-refractivity contribution in [2.75, 3.05) is 30.0 Å². The molecule has 0 fully saturated rings. The van der Waals surface area contributed by atoms with Gasteiger partial charge in [-0.1, -0.05) is 33.6 Å². The van der Waals surface area contributed by atoms with Crippen molar-refractivity contribution < 1.29 is 4.74 Å². The van der Waals surface area contributed by atoms with E-state index in [1.807, 2.05) is 0 Å². The van der Waals surface area contributed by atoms with Crippen LogP contribution in [-0.4, -0.2) is 31.2 Å². The van der Waals surface area contributed by atoms with Gasteiger partial charge in [0.25, 0.3) is 0 Å². The summed E-state index contributed by atoms with van der Waals surface area (Å²) < 4.78 is 5.48. The number of methoxy groups -OCH3 is 1. The van der Waals surface area contributed by atoms with Crippen molar-refractivity contribution in [2.24, 2.45) is 0 Å². The maximum atomic E-state index is 5.48. The van der Waals surface area contributed by atoms with Crippen LogP contribution in [0.25, 0.3) is 0 Å². The Balaban J connectivity index is 1.78. The molecule has 0 aliphatic carbocycles. The van der Waals surface area contributed by atoms with Gasteiger partial charge in [-0.25, -0.2) is 4.98 Å². The third-order valence-electron chi connectivity index (χ3n) is 6.88. The number of rotatable bonds is 8. The molecule has 1 aromatic carbocycles. The first-order valence-corrected chi connectivity index (χ1v) is 11.8. The minimum Gasteiger partial charge on any atom is -0.497 e. The van der Waals surface area contributed by atoms with Crippen LogP contribution >= 0.6 is 0 Å². The second-order valence-electron chi connectivity index (χ2n) is 8.89. The molecule has 30 heavy (non-hydrogen) atoms. The number of aryl methyl sites for hydroxylation is 2. The molecule has 1 aromatic heterocycles. The van der Waals surface area contributed by atoms with E-state index < -0.39 is 0 Å². The van der Waals surface area contributed by atoms with Crippen LogP contribution in [0.4, 0.5) is 17.2 Å². The molecule has 4 heteroatoms. The molecule has 0 saturated carbocycles. The van der Waals surface area contributed by atoms with Gasteiger partial charge < -0.3 is 14.5 Å². The Morgan fingerprint density at radius 3 is 2.53 bits per heavy atom. The SMILES string of the molecule is CCCC(CCC)N1CCC2CN(c3ccc(OC)cc3CC)c3nc(C)cc1c32. The van der Waals surface area contributed by atoms with E-state index in [0.29, 0.717) is 12.0 Å². The Kier molecular flexibility index (Phi) is 6.21. The van der Waals surface area contributed by atoms with Crippen molar-refractivity contribution in [3.63, 3.8) is 0 Å². The fourth-order valence-corrected chi connectivity index (χ4v) is 5.48. The van der Waals surface area contributed by atoms with Gasteiger partial charge in [0.15, 0.2) is 0 Å². The Hall–Kier alpha value is -2.23. The summed E-state index contributed by atoms with van der Waals surface area (Å²) in [6.45, 7) is 11.2. The Morgan fingerprint density at radius 2 is 1.87 bits per heavy atom. The molecule has 162 valence electrons. The van der Waals surface area contributed by atoms with Gasteiger partial charge in [-0.05, 0) is 62.4 Å². The molecule has 0 spiro atoms. The van der Waals surface area contributed by atoms with E-state index in [9.17, 15) is 0 Å². The molecule has 2 aromatic rings. The summed E-state index contributed by atoms with van der Waals surface area (Å²) >= 11 is 0. The first-order chi connectivity index (χ1) is 14.6. The van der Waals surface area contributed by atoms with Gasteiger partial charge in [0, 0.05) is 47.7 Å². The second-order valence-corrected chi connectivity index (χ2v) is 8.89. The molecule has 0 radical (unpaired) electrons. The molecule has 1 unspecified atom stereocenters. The lowest BCUT2D eigenvalue weighted by molar-refractivity contribution is 0.414. The zero-order chi connectivity index (χ0) is 21.3. The fraction of sp³-hybridized carbons (Fsp3) is 0.577. The van der Waals surface area contributed by atoms with Crippen molar-refractivity contribution in [3.8, 4) is 5.75 Å². The smallest absolute Gasteiger partial charge is 0.138 e. The highest BCUT2D eigenvalue weighted by Gasteiger charge is 2.39. The lowest BCUT2D eigenvalue weighted by Crippen LogP contribution is -2.40. The number of pyridine rings is 1. The summed E-state index contributed by atoms with van der Waals surface area (Å²) in [7, 11) is 1.74. The van der Waals surface area contributed by atoms with Gasteiger partial charge in [0.05, 0.1) is 7.11 Å². The van der Waals surface area contributed by atoms with Crippen molar-refractivity contribution >= 4 is 17.2 Å². The average molecular weight is 408 g/mol. The van der Waals surface area contributed by atoms with Crippen LogP contribution in [0.15, 0.2) is 24.3 Å². The minimum atomic E-state index is 0.579. The van der Waals surface area contributed by atoms with Gasteiger partial charge in [-0.15, -0.1) is 0 Å². The molecule has 2 aliphatic rings. The number of benzene rings is 1. The summed E-state index contributed by atoms with van der Waals surface area (Å²) in [6.07, 6.45) is 7.25. The van der Waals surface area contributed by atoms with E-state index in [0.717, 1.165) is 24.4 Å². The lowest BCUT2D eigenvalue weighted by Gasteiger charge is -2.39. The van der Waals surface area contributed by atoms with Crippen LogP contribution in [-0.2, 0) is 6.42 Å². The predicted octanol–water partition coefficient (Wildman–Crippen LogP) is 6.38. The molecule has 0 saturated heterocycles. The molecule has 2 aliphatic heterocycles.